The molecule has 0 aliphatic carbocycles. The SMILES string of the molecule is COc1ccncc1N1CCn2nc(COc3ccccc3)cc2C1=O. The lowest BCUT2D eigenvalue weighted by Gasteiger charge is -2.28. The van der Waals surface area contributed by atoms with E-state index in [2.05, 4.69) is 10.1 Å². The highest BCUT2D eigenvalue weighted by Gasteiger charge is 2.29. The second kappa shape index (κ2) is 6.87. The molecule has 2 aromatic heterocycles. The van der Waals surface area contributed by atoms with Gasteiger partial charge in [0.25, 0.3) is 5.91 Å². The number of carbonyl (C=O) groups excluding carboxylic acids is 1. The molecule has 0 unspecified atom stereocenters. The second-order valence-electron chi connectivity index (χ2n) is 5.85. The topological polar surface area (TPSA) is 69.5 Å². The maximum atomic E-state index is 12.9. The third-order valence-corrected chi connectivity index (χ3v) is 4.23. The molecule has 0 N–H and O–H groups in total. The molecule has 4 rings (SSSR count). The zero-order chi connectivity index (χ0) is 17.9. The molecular weight excluding hydrogens is 332 g/mol. The molecule has 1 aliphatic rings. The van der Waals surface area contributed by atoms with Gasteiger partial charge in [-0.1, -0.05) is 18.2 Å². The summed E-state index contributed by atoms with van der Waals surface area (Å²) in [4.78, 5) is 18.7. The second-order valence-corrected chi connectivity index (χ2v) is 5.85. The van der Waals surface area contributed by atoms with Crippen molar-refractivity contribution in [3.8, 4) is 11.5 Å². The fraction of sp³-hybridized carbons (Fsp3) is 0.211. The number of pyridine rings is 1. The Kier molecular flexibility index (Phi) is 4.27. The standard InChI is InChI=1S/C19H18N4O3/c1-25-18-7-8-20-12-17(18)22-9-10-23-16(19(22)24)11-14(21-23)13-26-15-5-3-2-4-6-15/h2-8,11-12H,9-10,13H2,1H3. The minimum absolute atomic E-state index is 0.124. The normalized spacial score (nSPS) is 13.4. The molecule has 26 heavy (non-hydrogen) atoms. The van der Waals surface area contributed by atoms with Crippen LogP contribution in [0.2, 0.25) is 0 Å². The third-order valence-electron chi connectivity index (χ3n) is 4.23. The summed E-state index contributed by atoms with van der Waals surface area (Å²) in [5.74, 6) is 1.27. The van der Waals surface area contributed by atoms with Gasteiger partial charge in [-0.3, -0.25) is 14.5 Å². The van der Waals surface area contributed by atoms with Gasteiger partial charge < -0.3 is 14.4 Å². The van der Waals surface area contributed by atoms with Crippen LogP contribution in [0.15, 0.2) is 54.9 Å². The van der Waals surface area contributed by atoms with Crippen molar-refractivity contribution >= 4 is 11.6 Å². The minimum Gasteiger partial charge on any atom is -0.494 e. The van der Waals surface area contributed by atoms with Gasteiger partial charge in [0.2, 0.25) is 0 Å². The van der Waals surface area contributed by atoms with E-state index in [0.717, 1.165) is 11.4 Å². The van der Waals surface area contributed by atoms with Crippen LogP contribution in [-0.2, 0) is 13.2 Å². The maximum absolute atomic E-state index is 12.9. The Bertz CT molecular complexity index is 924. The van der Waals surface area contributed by atoms with Gasteiger partial charge in [-0.15, -0.1) is 0 Å². The van der Waals surface area contributed by atoms with Gasteiger partial charge in [-0.25, -0.2) is 0 Å². The van der Waals surface area contributed by atoms with Gasteiger partial charge in [0.15, 0.2) is 0 Å². The molecule has 0 fully saturated rings. The van der Waals surface area contributed by atoms with E-state index in [9.17, 15) is 4.79 Å². The van der Waals surface area contributed by atoms with Crippen molar-refractivity contribution in [3.05, 3.63) is 66.2 Å². The zero-order valence-corrected chi connectivity index (χ0v) is 14.3. The van der Waals surface area contributed by atoms with E-state index >= 15 is 0 Å². The molecule has 0 saturated carbocycles. The van der Waals surface area contributed by atoms with E-state index in [1.54, 1.807) is 41.2 Å². The van der Waals surface area contributed by atoms with Gasteiger partial charge >= 0.3 is 0 Å². The molecule has 3 heterocycles. The predicted molar refractivity (Wildman–Crippen MR) is 95.5 cm³/mol. The summed E-state index contributed by atoms with van der Waals surface area (Å²) in [6.07, 6.45) is 3.28. The van der Waals surface area contributed by atoms with Gasteiger partial charge in [-0.2, -0.15) is 5.10 Å². The number of methoxy groups -OCH3 is 1. The van der Waals surface area contributed by atoms with Crippen molar-refractivity contribution in [2.45, 2.75) is 13.2 Å². The maximum Gasteiger partial charge on any atom is 0.276 e. The van der Waals surface area contributed by atoms with Gasteiger partial charge in [0, 0.05) is 18.8 Å². The Hall–Kier alpha value is -3.35. The number of hydrogen-bond donors (Lipinski definition) is 0. The van der Waals surface area contributed by atoms with Crippen LogP contribution in [-0.4, -0.2) is 34.3 Å². The Morgan fingerprint density at radius 1 is 1.15 bits per heavy atom. The summed E-state index contributed by atoms with van der Waals surface area (Å²) in [6.45, 7) is 1.42. The molecule has 7 nitrogen and oxygen atoms in total. The van der Waals surface area contributed by atoms with Crippen LogP contribution >= 0.6 is 0 Å². The van der Waals surface area contributed by atoms with E-state index in [-0.39, 0.29) is 5.91 Å². The first-order valence-corrected chi connectivity index (χ1v) is 8.30. The van der Waals surface area contributed by atoms with E-state index in [1.807, 2.05) is 30.3 Å². The molecule has 1 aromatic carbocycles. The molecule has 3 aromatic rings. The van der Waals surface area contributed by atoms with Gasteiger partial charge in [0.1, 0.15) is 35.2 Å². The van der Waals surface area contributed by atoms with E-state index in [0.29, 0.717) is 36.8 Å². The quantitative estimate of drug-likeness (QED) is 0.707. The van der Waals surface area contributed by atoms with Gasteiger partial charge in [0.05, 0.1) is 19.9 Å². The Balaban J connectivity index is 1.54. The van der Waals surface area contributed by atoms with Crippen molar-refractivity contribution in [1.29, 1.82) is 0 Å². The van der Waals surface area contributed by atoms with E-state index in [4.69, 9.17) is 9.47 Å². The Labute approximate surface area is 150 Å². The number of anilines is 1. The number of para-hydroxylation sites is 1. The molecule has 7 heteroatoms. The average molecular weight is 350 g/mol. The molecule has 0 radical (unpaired) electrons. The highest BCUT2D eigenvalue weighted by Crippen LogP contribution is 2.29. The van der Waals surface area contributed by atoms with Crippen molar-refractivity contribution < 1.29 is 14.3 Å². The summed E-state index contributed by atoms with van der Waals surface area (Å²) in [6, 6.07) is 13.1. The number of carbonyl (C=O) groups is 1. The lowest BCUT2D eigenvalue weighted by molar-refractivity contribution is 0.0961. The molecular formula is C19H18N4O3. The molecule has 1 aliphatic heterocycles. The van der Waals surface area contributed by atoms with E-state index in [1.165, 1.54) is 0 Å². The first-order chi connectivity index (χ1) is 12.8. The molecule has 132 valence electrons. The minimum atomic E-state index is -0.124. The average Bonchev–Trinajstić information content (AvgIpc) is 3.12. The summed E-state index contributed by atoms with van der Waals surface area (Å²) < 4.78 is 12.8. The number of benzene rings is 1. The lowest BCUT2D eigenvalue weighted by Crippen LogP contribution is -2.40. The highest BCUT2D eigenvalue weighted by atomic mass is 16.5. The molecule has 1 amide bonds. The van der Waals surface area contributed by atoms with E-state index < -0.39 is 0 Å². The lowest BCUT2D eigenvalue weighted by atomic mass is 10.2. The number of ether oxygens (including phenoxy) is 2. The molecule has 0 spiro atoms. The smallest absolute Gasteiger partial charge is 0.276 e. The summed E-state index contributed by atoms with van der Waals surface area (Å²) in [5.41, 5.74) is 1.92. The van der Waals surface area contributed by atoms with Crippen LogP contribution < -0.4 is 14.4 Å². The van der Waals surface area contributed by atoms with Crippen molar-refractivity contribution in [1.82, 2.24) is 14.8 Å². The fourth-order valence-corrected chi connectivity index (χ4v) is 2.97. The van der Waals surface area contributed by atoms with Crippen LogP contribution in [0.3, 0.4) is 0 Å². The zero-order valence-electron chi connectivity index (χ0n) is 14.3. The van der Waals surface area contributed by atoms with Crippen LogP contribution in [0.25, 0.3) is 0 Å². The summed E-state index contributed by atoms with van der Waals surface area (Å²) in [5, 5.41) is 4.48. The molecule has 0 bridgehead atoms. The summed E-state index contributed by atoms with van der Waals surface area (Å²) >= 11 is 0. The van der Waals surface area contributed by atoms with Crippen molar-refractivity contribution in [2.24, 2.45) is 0 Å². The molecule has 0 saturated heterocycles. The first-order valence-electron chi connectivity index (χ1n) is 8.30. The van der Waals surface area contributed by atoms with Crippen LogP contribution in [0.4, 0.5) is 5.69 Å². The summed E-state index contributed by atoms with van der Waals surface area (Å²) in [7, 11) is 1.58. The number of nitrogens with zero attached hydrogens (tertiary/aromatic N) is 4. The number of aromatic nitrogens is 3. The predicted octanol–water partition coefficient (Wildman–Crippen LogP) is 2.53. The monoisotopic (exact) mass is 350 g/mol. The largest absolute Gasteiger partial charge is 0.494 e. The van der Waals surface area contributed by atoms with Crippen molar-refractivity contribution in [3.63, 3.8) is 0 Å². The molecule has 0 atom stereocenters. The first kappa shape index (κ1) is 16.1. The fourth-order valence-electron chi connectivity index (χ4n) is 2.97. The Morgan fingerprint density at radius 3 is 2.81 bits per heavy atom. The number of fused-ring (bicyclic) bond motifs is 1. The highest BCUT2D eigenvalue weighted by molar-refractivity contribution is 6.06. The van der Waals surface area contributed by atoms with Gasteiger partial charge in [-0.05, 0) is 18.2 Å². The number of rotatable bonds is 5. The third kappa shape index (κ3) is 2.99. The number of hydrogen-bond acceptors (Lipinski definition) is 5. The van der Waals surface area contributed by atoms with Crippen molar-refractivity contribution in [2.75, 3.05) is 18.6 Å². The van der Waals surface area contributed by atoms with Crippen LogP contribution in [0, 0.1) is 0 Å². The van der Waals surface area contributed by atoms with Crippen LogP contribution in [0.5, 0.6) is 11.5 Å². The Morgan fingerprint density at radius 2 is 2.00 bits per heavy atom. The van der Waals surface area contributed by atoms with Crippen LogP contribution in [0.1, 0.15) is 16.2 Å². The number of amides is 1.